The van der Waals surface area contributed by atoms with E-state index in [2.05, 4.69) is 121 Å². The predicted octanol–water partition coefficient (Wildman–Crippen LogP) is 11.1. The molecule has 0 N–H and O–H groups in total. The first-order valence-corrected chi connectivity index (χ1v) is 13.6. The fraction of sp³-hybridized carbons (Fsp3) is 0. The van der Waals surface area contributed by atoms with E-state index in [1.165, 1.54) is 49.0 Å². The Balaban J connectivity index is 1.43. The van der Waals surface area contributed by atoms with Crippen LogP contribution in [0, 0.1) is 0 Å². The molecule has 0 radical (unpaired) electrons. The third kappa shape index (κ3) is 2.93. The second-order valence-electron chi connectivity index (χ2n) is 10.5. The standard InChI is InChI=1S/C38H22O2/c1-2-9-25-22-26(17-16-23(25)8-1)34-27-10-3-5-12-29(27)35(30-13-6-4-11-28(30)34)33-15-7-14-31-32-19-18-24-20-21-39-36(24)38(32)40-37(31)33/h1-22H. The Kier molecular flexibility index (Phi) is 4.36. The number of para-hydroxylation sites is 1. The molecule has 2 heterocycles. The van der Waals surface area contributed by atoms with Crippen molar-refractivity contribution in [1.82, 2.24) is 0 Å². The number of rotatable bonds is 2. The van der Waals surface area contributed by atoms with Gasteiger partial charge in [0.2, 0.25) is 0 Å². The van der Waals surface area contributed by atoms with Gasteiger partial charge in [0.15, 0.2) is 11.2 Å². The highest BCUT2D eigenvalue weighted by molar-refractivity contribution is 6.25. The molecule has 0 amide bonds. The van der Waals surface area contributed by atoms with Gasteiger partial charge < -0.3 is 8.83 Å². The molecule has 2 nitrogen and oxygen atoms in total. The van der Waals surface area contributed by atoms with Crippen molar-refractivity contribution >= 4 is 65.2 Å². The summed E-state index contributed by atoms with van der Waals surface area (Å²) in [4.78, 5) is 0. The van der Waals surface area contributed by atoms with E-state index in [0.717, 1.165) is 38.5 Å². The molecule has 0 aliphatic heterocycles. The van der Waals surface area contributed by atoms with Gasteiger partial charge in [-0.25, -0.2) is 0 Å². The van der Waals surface area contributed by atoms with Gasteiger partial charge in [0, 0.05) is 27.3 Å². The largest absolute Gasteiger partial charge is 0.460 e. The fourth-order valence-corrected chi connectivity index (χ4v) is 6.55. The zero-order chi connectivity index (χ0) is 26.2. The number of hydrogen-bond acceptors (Lipinski definition) is 2. The first-order chi connectivity index (χ1) is 19.8. The van der Waals surface area contributed by atoms with E-state index in [9.17, 15) is 0 Å². The Hall–Kier alpha value is -5.34. The topological polar surface area (TPSA) is 26.3 Å². The maximum atomic E-state index is 6.68. The number of fused-ring (bicyclic) bond motifs is 8. The van der Waals surface area contributed by atoms with E-state index in [1.807, 2.05) is 6.07 Å². The second kappa shape index (κ2) is 8.08. The molecular formula is C38H22O2. The van der Waals surface area contributed by atoms with Crippen molar-refractivity contribution in [2.75, 3.05) is 0 Å². The molecule has 9 rings (SSSR count). The quantitative estimate of drug-likeness (QED) is 0.216. The first-order valence-electron chi connectivity index (χ1n) is 13.6. The van der Waals surface area contributed by atoms with Crippen LogP contribution in [-0.2, 0) is 0 Å². The fourth-order valence-electron chi connectivity index (χ4n) is 6.55. The van der Waals surface area contributed by atoms with Gasteiger partial charge in [-0.2, -0.15) is 0 Å². The Morgan fingerprint density at radius 3 is 1.77 bits per heavy atom. The normalized spacial score (nSPS) is 12.0. The third-order valence-corrected chi connectivity index (χ3v) is 8.32. The Morgan fingerprint density at radius 2 is 1.00 bits per heavy atom. The summed E-state index contributed by atoms with van der Waals surface area (Å²) in [5.74, 6) is 0. The van der Waals surface area contributed by atoms with Crippen molar-refractivity contribution in [3.8, 4) is 22.3 Å². The zero-order valence-corrected chi connectivity index (χ0v) is 21.5. The third-order valence-electron chi connectivity index (χ3n) is 8.32. The predicted molar refractivity (Wildman–Crippen MR) is 167 cm³/mol. The molecule has 0 fully saturated rings. The summed E-state index contributed by atoms with van der Waals surface area (Å²) >= 11 is 0. The van der Waals surface area contributed by atoms with Gasteiger partial charge in [0.25, 0.3) is 0 Å². The molecule has 0 aliphatic carbocycles. The molecular weight excluding hydrogens is 488 g/mol. The van der Waals surface area contributed by atoms with Crippen LogP contribution in [0.5, 0.6) is 0 Å². The lowest BCUT2D eigenvalue weighted by atomic mass is 9.85. The average Bonchev–Trinajstić information content (AvgIpc) is 3.64. The van der Waals surface area contributed by atoms with Crippen LogP contribution in [0.3, 0.4) is 0 Å². The summed E-state index contributed by atoms with van der Waals surface area (Å²) in [5.41, 5.74) is 7.24. The molecule has 0 atom stereocenters. The van der Waals surface area contributed by atoms with E-state index >= 15 is 0 Å². The zero-order valence-electron chi connectivity index (χ0n) is 21.5. The molecule has 0 saturated carbocycles. The minimum Gasteiger partial charge on any atom is -0.460 e. The van der Waals surface area contributed by atoms with Crippen molar-refractivity contribution in [3.63, 3.8) is 0 Å². The molecule has 2 heteroatoms. The molecule has 0 saturated heterocycles. The van der Waals surface area contributed by atoms with Crippen molar-refractivity contribution in [2.24, 2.45) is 0 Å². The lowest BCUT2D eigenvalue weighted by molar-refractivity contribution is 0.600. The maximum absolute atomic E-state index is 6.68. The molecule has 40 heavy (non-hydrogen) atoms. The summed E-state index contributed by atoms with van der Waals surface area (Å²) in [5, 5.41) is 10.6. The first kappa shape index (κ1) is 21.6. The van der Waals surface area contributed by atoms with Gasteiger partial charge in [-0.05, 0) is 61.6 Å². The average molecular weight is 511 g/mol. The molecule has 7 aromatic carbocycles. The van der Waals surface area contributed by atoms with Crippen LogP contribution < -0.4 is 0 Å². The lowest BCUT2D eigenvalue weighted by Crippen LogP contribution is -1.91. The summed E-state index contributed by atoms with van der Waals surface area (Å²) in [6.07, 6.45) is 1.73. The lowest BCUT2D eigenvalue weighted by Gasteiger charge is -2.18. The van der Waals surface area contributed by atoms with Crippen LogP contribution in [0.15, 0.2) is 142 Å². The maximum Gasteiger partial charge on any atom is 0.178 e. The molecule has 2 aromatic heterocycles. The summed E-state index contributed by atoms with van der Waals surface area (Å²) in [6.45, 7) is 0. The minimum absolute atomic E-state index is 0.793. The second-order valence-corrected chi connectivity index (χ2v) is 10.5. The molecule has 0 unspecified atom stereocenters. The van der Waals surface area contributed by atoms with Gasteiger partial charge in [-0.3, -0.25) is 0 Å². The van der Waals surface area contributed by atoms with Crippen LogP contribution in [0.4, 0.5) is 0 Å². The number of hydrogen-bond donors (Lipinski definition) is 0. The van der Waals surface area contributed by atoms with Crippen LogP contribution >= 0.6 is 0 Å². The van der Waals surface area contributed by atoms with Gasteiger partial charge in [-0.1, -0.05) is 109 Å². The SMILES string of the molecule is c1ccc2cc(-c3c4ccccc4c(-c4cccc5c4oc4c5ccc5ccoc54)c4ccccc34)ccc2c1. The summed E-state index contributed by atoms with van der Waals surface area (Å²) < 4.78 is 12.5. The number of furan rings is 2. The van der Waals surface area contributed by atoms with Crippen molar-refractivity contribution in [1.29, 1.82) is 0 Å². The highest BCUT2D eigenvalue weighted by Crippen LogP contribution is 2.47. The van der Waals surface area contributed by atoms with E-state index in [-0.39, 0.29) is 0 Å². The Labute approximate surface area is 229 Å². The smallest absolute Gasteiger partial charge is 0.178 e. The van der Waals surface area contributed by atoms with Crippen LogP contribution in [0.1, 0.15) is 0 Å². The van der Waals surface area contributed by atoms with E-state index in [0.29, 0.717) is 0 Å². The highest BCUT2D eigenvalue weighted by atomic mass is 16.4. The highest BCUT2D eigenvalue weighted by Gasteiger charge is 2.21. The van der Waals surface area contributed by atoms with Gasteiger partial charge in [0.1, 0.15) is 5.58 Å². The summed E-state index contributed by atoms with van der Waals surface area (Å²) in [7, 11) is 0. The number of benzene rings is 7. The molecule has 186 valence electrons. The van der Waals surface area contributed by atoms with Crippen LogP contribution in [0.2, 0.25) is 0 Å². The summed E-state index contributed by atoms with van der Waals surface area (Å²) in [6, 6.07) is 45.6. The van der Waals surface area contributed by atoms with Crippen LogP contribution in [-0.4, -0.2) is 0 Å². The van der Waals surface area contributed by atoms with Gasteiger partial charge >= 0.3 is 0 Å². The molecule has 0 aliphatic rings. The van der Waals surface area contributed by atoms with Crippen LogP contribution in [0.25, 0.3) is 87.5 Å². The van der Waals surface area contributed by atoms with E-state index in [4.69, 9.17) is 8.83 Å². The minimum atomic E-state index is 0.793. The van der Waals surface area contributed by atoms with E-state index < -0.39 is 0 Å². The molecule has 0 bridgehead atoms. The van der Waals surface area contributed by atoms with Crippen molar-refractivity contribution in [3.05, 3.63) is 134 Å². The van der Waals surface area contributed by atoms with E-state index in [1.54, 1.807) is 6.26 Å². The van der Waals surface area contributed by atoms with Gasteiger partial charge in [0.05, 0.1) is 6.26 Å². The van der Waals surface area contributed by atoms with Crippen molar-refractivity contribution in [2.45, 2.75) is 0 Å². The Bertz CT molecular complexity index is 2380. The molecule has 0 spiro atoms. The monoisotopic (exact) mass is 510 g/mol. The molecule has 9 aromatic rings. The van der Waals surface area contributed by atoms with Gasteiger partial charge in [-0.15, -0.1) is 0 Å². The Morgan fingerprint density at radius 1 is 0.375 bits per heavy atom. The van der Waals surface area contributed by atoms with Crippen molar-refractivity contribution < 1.29 is 8.83 Å².